The Balaban J connectivity index is 1.79. The number of hydrogen-bond acceptors (Lipinski definition) is 5. The van der Waals surface area contributed by atoms with E-state index in [0.717, 1.165) is 17.5 Å². The van der Waals surface area contributed by atoms with E-state index >= 15 is 0 Å². The fourth-order valence-corrected chi connectivity index (χ4v) is 3.14. The van der Waals surface area contributed by atoms with E-state index in [2.05, 4.69) is 0 Å². The van der Waals surface area contributed by atoms with Crippen LogP contribution in [0, 0.1) is 13.8 Å². The Morgan fingerprint density at radius 1 is 0.964 bits per heavy atom. The standard InChI is InChI=1S/C20H29ClN2O5/c1-15-11-17(12-16(2)20(15)21)28-14-19(25)23-6-4-5-22(7-8-23)18(24)13-27-10-9-26-3/h11-12H,4-10,13-14H2,1-3H3. The molecule has 1 aliphatic rings. The Morgan fingerprint density at radius 3 is 2.11 bits per heavy atom. The van der Waals surface area contributed by atoms with E-state index in [4.69, 9.17) is 25.8 Å². The lowest BCUT2D eigenvalue weighted by Gasteiger charge is -2.22. The number of halogens is 1. The van der Waals surface area contributed by atoms with Gasteiger partial charge in [0, 0.05) is 38.3 Å². The molecule has 0 spiro atoms. The second-order valence-electron chi connectivity index (χ2n) is 6.82. The lowest BCUT2D eigenvalue weighted by atomic mass is 10.1. The number of rotatable bonds is 8. The highest BCUT2D eigenvalue weighted by atomic mass is 35.5. The van der Waals surface area contributed by atoms with Crippen LogP contribution in [-0.2, 0) is 19.1 Å². The molecular weight excluding hydrogens is 384 g/mol. The monoisotopic (exact) mass is 412 g/mol. The summed E-state index contributed by atoms with van der Waals surface area (Å²) in [4.78, 5) is 28.2. The predicted octanol–water partition coefficient (Wildman–Crippen LogP) is 2.06. The molecule has 0 unspecified atom stereocenters. The molecule has 2 amide bonds. The van der Waals surface area contributed by atoms with Gasteiger partial charge in [0.2, 0.25) is 5.91 Å². The zero-order chi connectivity index (χ0) is 20.5. The van der Waals surface area contributed by atoms with E-state index in [9.17, 15) is 9.59 Å². The van der Waals surface area contributed by atoms with Crippen LogP contribution in [0.3, 0.4) is 0 Å². The van der Waals surface area contributed by atoms with E-state index in [0.29, 0.717) is 50.2 Å². The van der Waals surface area contributed by atoms with Crippen LogP contribution in [0.25, 0.3) is 0 Å². The number of aryl methyl sites for hydroxylation is 2. The van der Waals surface area contributed by atoms with Gasteiger partial charge in [-0.2, -0.15) is 0 Å². The zero-order valence-corrected chi connectivity index (χ0v) is 17.6. The van der Waals surface area contributed by atoms with E-state index in [1.807, 2.05) is 26.0 Å². The summed E-state index contributed by atoms with van der Waals surface area (Å²) >= 11 is 6.16. The Labute approximate surface area is 171 Å². The van der Waals surface area contributed by atoms with Gasteiger partial charge in [0.05, 0.1) is 13.2 Å². The lowest BCUT2D eigenvalue weighted by Crippen LogP contribution is -2.40. The number of carbonyl (C=O) groups is 2. The minimum atomic E-state index is -0.0871. The van der Waals surface area contributed by atoms with Crippen molar-refractivity contribution >= 4 is 23.4 Å². The summed E-state index contributed by atoms with van der Waals surface area (Å²) in [5.74, 6) is 0.484. The highest BCUT2D eigenvalue weighted by molar-refractivity contribution is 6.32. The van der Waals surface area contributed by atoms with Gasteiger partial charge >= 0.3 is 0 Å². The first kappa shape index (κ1) is 22.5. The summed E-state index contributed by atoms with van der Waals surface area (Å²) in [6.45, 7) is 6.88. The van der Waals surface area contributed by atoms with Gasteiger partial charge in [-0.1, -0.05) is 11.6 Å². The summed E-state index contributed by atoms with van der Waals surface area (Å²) in [5, 5.41) is 0.710. The number of benzene rings is 1. The van der Waals surface area contributed by atoms with Gasteiger partial charge in [-0.3, -0.25) is 9.59 Å². The smallest absolute Gasteiger partial charge is 0.260 e. The van der Waals surface area contributed by atoms with Crippen LogP contribution >= 0.6 is 11.6 Å². The van der Waals surface area contributed by atoms with Crippen LogP contribution in [0.5, 0.6) is 5.75 Å². The largest absolute Gasteiger partial charge is 0.484 e. The zero-order valence-electron chi connectivity index (χ0n) is 16.8. The van der Waals surface area contributed by atoms with Crippen LogP contribution in [0.4, 0.5) is 0 Å². The Kier molecular flexibility index (Phi) is 9.02. The van der Waals surface area contributed by atoms with Crippen molar-refractivity contribution in [1.29, 1.82) is 0 Å². The van der Waals surface area contributed by atoms with Crippen molar-refractivity contribution in [3.8, 4) is 5.75 Å². The quantitative estimate of drug-likeness (QED) is 0.611. The normalized spacial score (nSPS) is 14.7. The summed E-state index contributed by atoms with van der Waals surface area (Å²) < 4.78 is 15.9. The number of amides is 2. The first-order valence-corrected chi connectivity index (χ1v) is 9.82. The van der Waals surface area contributed by atoms with Crippen LogP contribution in [-0.4, -0.2) is 81.3 Å². The number of methoxy groups -OCH3 is 1. The molecule has 0 aliphatic carbocycles. The van der Waals surface area contributed by atoms with Crippen LogP contribution in [0.2, 0.25) is 5.02 Å². The predicted molar refractivity (Wildman–Crippen MR) is 107 cm³/mol. The average Bonchev–Trinajstić information content (AvgIpc) is 2.93. The molecule has 0 aromatic heterocycles. The summed E-state index contributed by atoms with van der Waals surface area (Å²) in [6, 6.07) is 3.66. The lowest BCUT2D eigenvalue weighted by molar-refractivity contribution is -0.137. The molecule has 8 heteroatoms. The van der Waals surface area contributed by atoms with Gasteiger partial charge in [-0.15, -0.1) is 0 Å². The van der Waals surface area contributed by atoms with Gasteiger partial charge in [-0.05, 0) is 43.5 Å². The molecule has 1 fully saturated rings. The third-order valence-corrected chi connectivity index (χ3v) is 5.23. The van der Waals surface area contributed by atoms with Gasteiger partial charge in [-0.25, -0.2) is 0 Å². The maximum absolute atomic E-state index is 12.5. The topological polar surface area (TPSA) is 68.3 Å². The molecule has 1 heterocycles. The molecular formula is C20H29ClN2O5. The molecule has 0 bridgehead atoms. The first-order valence-electron chi connectivity index (χ1n) is 9.44. The van der Waals surface area contributed by atoms with Gasteiger partial charge in [0.25, 0.3) is 5.91 Å². The molecule has 1 saturated heterocycles. The van der Waals surface area contributed by atoms with Gasteiger partial charge in [0.1, 0.15) is 12.4 Å². The van der Waals surface area contributed by atoms with E-state index < -0.39 is 0 Å². The molecule has 1 aliphatic heterocycles. The second kappa shape index (κ2) is 11.2. The summed E-state index contributed by atoms with van der Waals surface area (Å²) in [5.41, 5.74) is 1.83. The van der Waals surface area contributed by atoms with Crippen molar-refractivity contribution in [2.24, 2.45) is 0 Å². The molecule has 0 N–H and O–H groups in total. The molecule has 1 aromatic carbocycles. The molecule has 28 heavy (non-hydrogen) atoms. The van der Waals surface area contributed by atoms with Crippen molar-refractivity contribution in [1.82, 2.24) is 9.80 Å². The summed E-state index contributed by atoms with van der Waals surface area (Å²) in [7, 11) is 1.59. The fourth-order valence-electron chi connectivity index (χ4n) is 3.04. The minimum Gasteiger partial charge on any atom is -0.484 e. The SMILES string of the molecule is COCCOCC(=O)N1CCCN(C(=O)COc2cc(C)c(Cl)c(C)c2)CC1. The molecule has 156 valence electrons. The van der Waals surface area contributed by atoms with Crippen LogP contribution in [0.15, 0.2) is 12.1 Å². The molecule has 0 saturated carbocycles. The van der Waals surface area contributed by atoms with Crippen molar-refractivity contribution in [2.45, 2.75) is 20.3 Å². The molecule has 2 rings (SSSR count). The van der Waals surface area contributed by atoms with Gasteiger partial charge < -0.3 is 24.0 Å². The van der Waals surface area contributed by atoms with Crippen molar-refractivity contribution in [2.75, 3.05) is 59.7 Å². The van der Waals surface area contributed by atoms with E-state index in [-0.39, 0.29) is 25.0 Å². The fraction of sp³-hybridized carbons (Fsp3) is 0.600. The third kappa shape index (κ3) is 6.65. The number of carbonyl (C=O) groups excluding carboxylic acids is 2. The Morgan fingerprint density at radius 2 is 1.54 bits per heavy atom. The average molecular weight is 413 g/mol. The van der Waals surface area contributed by atoms with E-state index in [1.54, 1.807) is 16.9 Å². The van der Waals surface area contributed by atoms with Crippen molar-refractivity contribution in [3.05, 3.63) is 28.3 Å². The number of nitrogens with zero attached hydrogens (tertiary/aromatic N) is 2. The third-order valence-electron chi connectivity index (χ3n) is 4.63. The minimum absolute atomic E-state index is 0.0331. The number of hydrogen-bond donors (Lipinski definition) is 0. The molecule has 7 nitrogen and oxygen atoms in total. The Bertz CT molecular complexity index is 660. The maximum atomic E-state index is 12.5. The molecule has 1 aromatic rings. The maximum Gasteiger partial charge on any atom is 0.260 e. The number of ether oxygens (including phenoxy) is 3. The Hall–Kier alpha value is -1.83. The summed E-state index contributed by atoms with van der Waals surface area (Å²) in [6.07, 6.45) is 0.731. The van der Waals surface area contributed by atoms with E-state index in [1.165, 1.54) is 0 Å². The van der Waals surface area contributed by atoms with Gasteiger partial charge in [0.15, 0.2) is 6.61 Å². The highest BCUT2D eigenvalue weighted by Gasteiger charge is 2.22. The van der Waals surface area contributed by atoms with Crippen molar-refractivity contribution in [3.63, 3.8) is 0 Å². The van der Waals surface area contributed by atoms with Crippen LogP contribution in [0.1, 0.15) is 17.5 Å². The molecule has 0 atom stereocenters. The van der Waals surface area contributed by atoms with Crippen LogP contribution < -0.4 is 4.74 Å². The first-order chi connectivity index (χ1) is 13.4. The van der Waals surface area contributed by atoms with Crippen molar-refractivity contribution < 1.29 is 23.8 Å². The highest BCUT2D eigenvalue weighted by Crippen LogP contribution is 2.25. The second-order valence-corrected chi connectivity index (χ2v) is 7.20. The molecule has 0 radical (unpaired) electrons.